The van der Waals surface area contributed by atoms with Gasteiger partial charge in [-0.1, -0.05) is 6.08 Å². The number of hydrogen-bond acceptors (Lipinski definition) is 4. The molecule has 0 aromatic rings. The molecule has 0 bridgehead atoms. The van der Waals surface area contributed by atoms with Crippen molar-refractivity contribution in [1.82, 2.24) is 0 Å². The minimum Gasteiger partial charge on any atom is -0.462 e. The monoisotopic (exact) mass is 190 g/mol. The lowest BCUT2D eigenvalue weighted by Gasteiger charge is -2.01. The number of carbonyl (C=O) groups excluding carboxylic acids is 1. The third kappa shape index (κ3) is 7.45. The second-order valence-electron chi connectivity index (χ2n) is 2.05. The Hall–Kier alpha value is -0.653. The summed E-state index contributed by atoms with van der Waals surface area (Å²) in [6, 6.07) is 0. The van der Waals surface area contributed by atoms with Crippen molar-refractivity contribution in [3.05, 3.63) is 12.2 Å². The van der Waals surface area contributed by atoms with Crippen molar-refractivity contribution < 1.29 is 18.4 Å². The molecular formula is C7H14O4Si. The molecule has 1 heterocycles. The Morgan fingerprint density at radius 3 is 2.33 bits per heavy atom. The summed E-state index contributed by atoms with van der Waals surface area (Å²) in [7, 11) is 2.73. The third-order valence-corrected chi connectivity index (χ3v) is 1.49. The van der Waals surface area contributed by atoms with Gasteiger partial charge in [0, 0.05) is 26.7 Å². The molecule has 0 atom stereocenters. The van der Waals surface area contributed by atoms with E-state index in [0.29, 0.717) is 6.61 Å². The van der Waals surface area contributed by atoms with Gasteiger partial charge in [-0.25, -0.2) is 4.79 Å². The summed E-state index contributed by atoms with van der Waals surface area (Å²) in [5.74, 6) is -0.216. The maximum atomic E-state index is 10.2. The van der Waals surface area contributed by atoms with E-state index in [1.807, 2.05) is 6.08 Å². The van der Waals surface area contributed by atoms with Crippen molar-refractivity contribution in [2.75, 3.05) is 20.8 Å². The summed E-state index contributed by atoms with van der Waals surface area (Å²) in [5, 5.41) is 0. The van der Waals surface area contributed by atoms with Crippen molar-refractivity contribution in [2.45, 2.75) is 6.42 Å². The largest absolute Gasteiger partial charge is 0.462 e. The zero-order chi connectivity index (χ0) is 9.23. The fourth-order valence-corrected chi connectivity index (χ4v) is 0.809. The molecule has 0 aromatic carbocycles. The van der Waals surface area contributed by atoms with Gasteiger partial charge in [-0.2, -0.15) is 0 Å². The van der Waals surface area contributed by atoms with Crippen LogP contribution in [0.15, 0.2) is 12.2 Å². The maximum Gasteiger partial charge on any atom is 0.330 e. The molecule has 1 aliphatic rings. The van der Waals surface area contributed by atoms with Gasteiger partial charge in [0.1, 0.15) is 0 Å². The highest BCUT2D eigenvalue weighted by molar-refractivity contribution is 6.17. The molecule has 4 nitrogen and oxygen atoms in total. The fourth-order valence-electron chi connectivity index (χ4n) is 0.573. The van der Waals surface area contributed by atoms with Gasteiger partial charge >= 0.3 is 16.0 Å². The zero-order valence-electron chi connectivity index (χ0n) is 7.41. The molecule has 0 fully saturated rings. The van der Waals surface area contributed by atoms with Crippen molar-refractivity contribution in [3.8, 4) is 0 Å². The van der Waals surface area contributed by atoms with Gasteiger partial charge in [0.2, 0.25) is 0 Å². The van der Waals surface area contributed by atoms with Gasteiger partial charge < -0.3 is 13.6 Å². The second kappa shape index (κ2) is 8.44. The number of carbonyl (C=O) groups is 1. The summed E-state index contributed by atoms with van der Waals surface area (Å²) in [6.07, 6.45) is 4.13. The number of esters is 1. The van der Waals surface area contributed by atoms with Gasteiger partial charge in [-0.05, 0) is 0 Å². The molecule has 0 amide bonds. The lowest BCUT2D eigenvalue weighted by molar-refractivity contribution is -0.138. The highest BCUT2D eigenvalue weighted by Gasteiger charge is 1.98. The van der Waals surface area contributed by atoms with E-state index in [1.54, 1.807) is 14.2 Å². The first-order chi connectivity index (χ1) is 5.81. The smallest absolute Gasteiger partial charge is 0.330 e. The molecule has 0 N–H and O–H groups in total. The van der Waals surface area contributed by atoms with E-state index in [0.717, 1.165) is 6.42 Å². The van der Waals surface area contributed by atoms with E-state index >= 15 is 0 Å². The highest BCUT2D eigenvalue weighted by atomic mass is 28.3. The second-order valence-corrected chi connectivity index (χ2v) is 3.44. The molecule has 0 aromatic heterocycles. The lowest BCUT2D eigenvalue weighted by Crippen LogP contribution is -2.05. The summed E-state index contributed by atoms with van der Waals surface area (Å²) in [4.78, 5) is 10.2. The first kappa shape index (κ1) is 11.3. The van der Waals surface area contributed by atoms with E-state index in [4.69, 9.17) is 0 Å². The van der Waals surface area contributed by atoms with Gasteiger partial charge in [-0.3, -0.25) is 0 Å². The molecule has 0 spiro atoms. The van der Waals surface area contributed by atoms with Crippen LogP contribution in [0.4, 0.5) is 0 Å². The number of cyclic esters (lactones) is 1. The molecule has 1 rings (SSSR count). The molecule has 70 valence electrons. The first-order valence-electron chi connectivity index (χ1n) is 3.62. The Morgan fingerprint density at radius 2 is 2.17 bits per heavy atom. The van der Waals surface area contributed by atoms with Crippen LogP contribution in [0.1, 0.15) is 6.42 Å². The van der Waals surface area contributed by atoms with E-state index in [-0.39, 0.29) is 5.97 Å². The zero-order valence-corrected chi connectivity index (χ0v) is 8.82. The first-order valence-corrected chi connectivity index (χ1v) is 4.78. The van der Waals surface area contributed by atoms with Crippen molar-refractivity contribution in [3.63, 3.8) is 0 Å². The normalized spacial score (nSPS) is 14.7. The topological polar surface area (TPSA) is 44.8 Å². The van der Waals surface area contributed by atoms with Crippen LogP contribution in [-0.4, -0.2) is 36.8 Å². The molecule has 5 heteroatoms. The molecule has 0 aliphatic carbocycles. The van der Waals surface area contributed by atoms with Gasteiger partial charge in [0.15, 0.2) is 0 Å². The molecule has 12 heavy (non-hydrogen) atoms. The average Bonchev–Trinajstić information content (AvgIpc) is 2.08. The minimum absolute atomic E-state index is 0.216. The Balaban J connectivity index is 0.000000217. The Bertz CT molecular complexity index is 144. The van der Waals surface area contributed by atoms with Gasteiger partial charge in [0.25, 0.3) is 0 Å². The summed E-state index contributed by atoms with van der Waals surface area (Å²) in [6.45, 7) is 0.551. The Labute approximate surface area is 74.6 Å². The van der Waals surface area contributed by atoms with Crippen LogP contribution < -0.4 is 0 Å². The standard InChI is InChI=1S/C5H6O2.C2H8O2Si/c6-5-3-1-2-4-7-5;1-3-5-4-2/h1,3H,2,4H2;5H2,1-2H3. The maximum absolute atomic E-state index is 10.2. The fraction of sp³-hybridized carbons (Fsp3) is 0.571. The van der Waals surface area contributed by atoms with E-state index in [2.05, 4.69) is 13.6 Å². The van der Waals surface area contributed by atoms with Crippen LogP contribution in [0.25, 0.3) is 0 Å². The van der Waals surface area contributed by atoms with E-state index in [1.165, 1.54) is 6.08 Å². The van der Waals surface area contributed by atoms with Crippen molar-refractivity contribution >= 4 is 16.0 Å². The molecule has 0 radical (unpaired) electrons. The average molecular weight is 190 g/mol. The SMILES string of the molecule is CO[SiH2]OC.O=C1C=CCCO1. The van der Waals surface area contributed by atoms with Crippen molar-refractivity contribution in [1.29, 1.82) is 0 Å². The van der Waals surface area contributed by atoms with E-state index < -0.39 is 10.0 Å². The number of rotatable bonds is 2. The number of hydrogen-bond donors (Lipinski definition) is 0. The summed E-state index contributed by atoms with van der Waals surface area (Å²) >= 11 is 0. The molecular weight excluding hydrogens is 176 g/mol. The molecule has 0 unspecified atom stereocenters. The van der Waals surface area contributed by atoms with Crippen LogP contribution in [0, 0.1) is 0 Å². The van der Waals surface area contributed by atoms with E-state index in [9.17, 15) is 4.79 Å². The minimum atomic E-state index is -0.568. The summed E-state index contributed by atoms with van der Waals surface area (Å²) in [5.41, 5.74) is 0. The predicted octanol–water partition coefficient (Wildman–Crippen LogP) is -0.233. The predicted molar refractivity (Wildman–Crippen MR) is 47.3 cm³/mol. The number of ether oxygens (including phenoxy) is 1. The van der Waals surface area contributed by atoms with Gasteiger partial charge in [0.05, 0.1) is 6.61 Å². The Morgan fingerprint density at radius 1 is 1.50 bits per heavy atom. The summed E-state index contributed by atoms with van der Waals surface area (Å²) < 4.78 is 13.8. The lowest BCUT2D eigenvalue weighted by atomic mass is 10.3. The molecule has 0 saturated carbocycles. The van der Waals surface area contributed by atoms with Crippen LogP contribution in [0.3, 0.4) is 0 Å². The van der Waals surface area contributed by atoms with Crippen LogP contribution in [0.2, 0.25) is 0 Å². The molecule has 0 saturated heterocycles. The van der Waals surface area contributed by atoms with Crippen LogP contribution >= 0.6 is 0 Å². The molecule has 1 aliphatic heterocycles. The van der Waals surface area contributed by atoms with Crippen molar-refractivity contribution in [2.24, 2.45) is 0 Å². The quantitative estimate of drug-likeness (QED) is 0.445. The highest BCUT2D eigenvalue weighted by Crippen LogP contribution is 1.93. The third-order valence-electron chi connectivity index (χ3n) is 1.02. The Kier molecular flexibility index (Phi) is 7.98. The van der Waals surface area contributed by atoms with Crippen LogP contribution in [0.5, 0.6) is 0 Å². The van der Waals surface area contributed by atoms with Gasteiger partial charge in [-0.15, -0.1) is 0 Å². The van der Waals surface area contributed by atoms with Crippen LogP contribution in [-0.2, 0) is 18.4 Å².